The topological polar surface area (TPSA) is 24.9 Å². The van der Waals surface area contributed by atoms with Crippen molar-refractivity contribution in [1.82, 2.24) is 10.3 Å². The lowest BCUT2D eigenvalue weighted by Gasteiger charge is -2.09. The predicted octanol–water partition coefficient (Wildman–Crippen LogP) is 1.68. The zero-order valence-electron chi connectivity index (χ0n) is 8.09. The van der Waals surface area contributed by atoms with Crippen LogP contribution in [0.1, 0.15) is 24.1 Å². The molecule has 0 saturated carbocycles. The summed E-state index contributed by atoms with van der Waals surface area (Å²) in [6.45, 7) is 3.21. The first-order valence-electron chi connectivity index (χ1n) is 4.99. The van der Waals surface area contributed by atoms with E-state index in [2.05, 4.69) is 22.4 Å². The van der Waals surface area contributed by atoms with Crippen molar-refractivity contribution in [2.24, 2.45) is 0 Å². The van der Waals surface area contributed by atoms with E-state index < -0.39 is 0 Å². The second-order valence-corrected chi connectivity index (χ2v) is 3.81. The molecule has 2 heterocycles. The van der Waals surface area contributed by atoms with Crippen LogP contribution in [0.2, 0.25) is 0 Å². The summed E-state index contributed by atoms with van der Waals surface area (Å²) < 4.78 is 0. The van der Waals surface area contributed by atoms with Crippen LogP contribution in [0.3, 0.4) is 0 Å². The van der Waals surface area contributed by atoms with Crippen LogP contribution in [-0.4, -0.2) is 17.6 Å². The first kappa shape index (κ1) is 8.70. The van der Waals surface area contributed by atoms with Gasteiger partial charge in [-0.15, -0.1) is 0 Å². The third kappa shape index (κ3) is 2.28. The van der Waals surface area contributed by atoms with Gasteiger partial charge in [0.05, 0.1) is 0 Å². The summed E-state index contributed by atoms with van der Waals surface area (Å²) in [6, 6.07) is 4.96. The van der Waals surface area contributed by atoms with Crippen molar-refractivity contribution in [1.29, 1.82) is 0 Å². The molecule has 0 aliphatic carbocycles. The molecular formula is C11H16N2. The summed E-state index contributed by atoms with van der Waals surface area (Å²) in [7, 11) is 0. The number of aryl methyl sites for hydroxylation is 1. The van der Waals surface area contributed by atoms with Gasteiger partial charge in [0.15, 0.2) is 0 Å². The number of hydrogen-bond donors (Lipinski definition) is 1. The Hall–Kier alpha value is -0.890. The summed E-state index contributed by atoms with van der Waals surface area (Å²) in [5.41, 5.74) is 2.45. The van der Waals surface area contributed by atoms with Crippen LogP contribution in [-0.2, 0) is 6.42 Å². The summed E-state index contributed by atoms with van der Waals surface area (Å²) in [4.78, 5) is 4.29. The molecule has 13 heavy (non-hydrogen) atoms. The van der Waals surface area contributed by atoms with Gasteiger partial charge in [-0.2, -0.15) is 0 Å². The van der Waals surface area contributed by atoms with Crippen LogP contribution < -0.4 is 5.32 Å². The maximum Gasteiger partial charge on any atom is 0.0372 e. The minimum absolute atomic E-state index is 0.685. The summed E-state index contributed by atoms with van der Waals surface area (Å²) in [6.07, 6.45) is 5.76. The van der Waals surface area contributed by atoms with Gasteiger partial charge in [0.1, 0.15) is 0 Å². The number of nitrogens with one attached hydrogen (secondary N) is 1. The van der Waals surface area contributed by atoms with Crippen LogP contribution in [0.15, 0.2) is 18.3 Å². The number of rotatable bonds is 2. The van der Waals surface area contributed by atoms with Gasteiger partial charge in [0, 0.05) is 17.9 Å². The first-order valence-corrected chi connectivity index (χ1v) is 4.99. The predicted molar refractivity (Wildman–Crippen MR) is 53.7 cm³/mol. The highest BCUT2D eigenvalue weighted by atomic mass is 14.9. The Kier molecular flexibility index (Phi) is 2.60. The highest BCUT2D eigenvalue weighted by Crippen LogP contribution is 2.11. The van der Waals surface area contributed by atoms with Gasteiger partial charge in [-0.25, -0.2) is 0 Å². The second-order valence-electron chi connectivity index (χ2n) is 3.81. The molecule has 1 saturated heterocycles. The molecular weight excluding hydrogens is 160 g/mol. The molecule has 70 valence electrons. The maximum absolute atomic E-state index is 4.29. The normalized spacial score (nSPS) is 22.1. The SMILES string of the molecule is Cc1ccc(CC2CCCN2)cn1. The van der Waals surface area contributed by atoms with E-state index in [1.807, 2.05) is 13.1 Å². The molecule has 0 spiro atoms. The Bertz CT molecular complexity index is 260. The Morgan fingerprint density at radius 2 is 2.46 bits per heavy atom. The van der Waals surface area contributed by atoms with Crippen LogP contribution in [0.5, 0.6) is 0 Å². The standard InChI is InChI=1S/C11H16N2/c1-9-4-5-10(8-13-9)7-11-3-2-6-12-11/h4-5,8,11-12H,2-3,6-7H2,1H3. The van der Waals surface area contributed by atoms with E-state index in [0.717, 1.165) is 12.1 Å². The minimum Gasteiger partial charge on any atom is -0.314 e. The van der Waals surface area contributed by atoms with Crippen molar-refractivity contribution in [2.45, 2.75) is 32.2 Å². The van der Waals surface area contributed by atoms with Crippen LogP contribution >= 0.6 is 0 Å². The zero-order chi connectivity index (χ0) is 9.10. The highest BCUT2D eigenvalue weighted by molar-refractivity contribution is 5.14. The van der Waals surface area contributed by atoms with Crippen molar-refractivity contribution >= 4 is 0 Å². The molecule has 1 aliphatic rings. The quantitative estimate of drug-likeness (QED) is 0.741. The molecule has 0 bridgehead atoms. The van der Waals surface area contributed by atoms with Gasteiger partial charge >= 0.3 is 0 Å². The fourth-order valence-corrected chi connectivity index (χ4v) is 1.83. The molecule has 1 unspecified atom stereocenters. The lowest BCUT2D eigenvalue weighted by molar-refractivity contribution is 0.602. The Morgan fingerprint density at radius 1 is 1.54 bits per heavy atom. The smallest absolute Gasteiger partial charge is 0.0372 e. The molecule has 1 N–H and O–H groups in total. The van der Waals surface area contributed by atoms with Gasteiger partial charge in [-0.1, -0.05) is 6.07 Å². The summed E-state index contributed by atoms with van der Waals surface area (Å²) >= 11 is 0. The first-order chi connectivity index (χ1) is 6.34. The van der Waals surface area contributed by atoms with E-state index in [9.17, 15) is 0 Å². The third-order valence-electron chi connectivity index (χ3n) is 2.62. The fourth-order valence-electron chi connectivity index (χ4n) is 1.83. The molecule has 1 aromatic heterocycles. The number of aromatic nitrogens is 1. The van der Waals surface area contributed by atoms with Crippen molar-refractivity contribution in [2.75, 3.05) is 6.54 Å². The molecule has 1 atom stereocenters. The highest BCUT2D eigenvalue weighted by Gasteiger charge is 2.13. The molecule has 0 radical (unpaired) electrons. The Morgan fingerprint density at radius 3 is 3.08 bits per heavy atom. The number of hydrogen-bond acceptors (Lipinski definition) is 2. The van der Waals surface area contributed by atoms with Gasteiger partial charge < -0.3 is 5.32 Å². The zero-order valence-corrected chi connectivity index (χ0v) is 8.09. The van der Waals surface area contributed by atoms with Crippen LogP contribution in [0.4, 0.5) is 0 Å². The molecule has 1 fully saturated rings. The average molecular weight is 176 g/mol. The minimum atomic E-state index is 0.685. The average Bonchev–Trinajstić information content (AvgIpc) is 2.62. The van der Waals surface area contributed by atoms with Gasteiger partial charge in [-0.3, -0.25) is 4.98 Å². The Labute approximate surface area is 79.4 Å². The third-order valence-corrected chi connectivity index (χ3v) is 2.62. The second kappa shape index (κ2) is 3.88. The van der Waals surface area contributed by atoms with Gasteiger partial charge in [-0.05, 0) is 44.4 Å². The van der Waals surface area contributed by atoms with Crippen molar-refractivity contribution < 1.29 is 0 Å². The molecule has 2 heteroatoms. The molecule has 1 aliphatic heterocycles. The maximum atomic E-state index is 4.29. The van der Waals surface area contributed by atoms with E-state index in [1.165, 1.54) is 24.9 Å². The van der Waals surface area contributed by atoms with E-state index in [0.29, 0.717) is 6.04 Å². The van der Waals surface area contributed by atoms with Crippen LogP contribution in [0.25, 0.3) is 0 Å². The Balaban J connectivity index is 1.97. The van der Waals surface area contributed by atoms with Crippen molar-refractivity contribution in [3.63, 3.8) is 0 Å². The molecule has 1 aromatic rings. The monoisotopic (exact) mass is 176 g/mol. The lowest BCUT2D eigenvalue weighted by atomic mass is 10.1. The molecule has 0 aromatic carbocycles. The largest absolute Gasteiger partial charge is 0.314 e. The molecule has 0 amide bonds. The lowest BCUT2D eigenvalue weighted by Crippen LogP contribution is -2.23. The van der Waals surface area contributed by atoms with Gasteiger partial charge in [0.25, 0.3) is 0 Å². The molecule has 2 rings (SSSR count). The number of pyridine rings is 1. The van der Waals surface area contributed by atoms with Crippen LogP contribution in [0, 0.1) is 6.92 Å². The molecule has 2 nitrogen and oxygen atoms in total. The van der Waals surface area contributed by atoms with Crippen molar-refractivity contribution in [3.8, 4) is 0 Å². The summed E-state index contributed by atoms with van der Waals surface area (Å²) in [5, 5.41) is 3.49. The van der Waals surface area contributed by atoms with E-state index in [1.54, 1.807) is 0 Å². The van der Waals surface area contributed by atoms with E-state index in [-0.39, 0.29) is 0 Å². The summed E-state index contributed by atoms with van der Waals surface area (Å²) in [5.74, 6) is 0. The fraction of sp³-hybridized carbons (Fsp3) is 0.545. The number of nitrogens with zero attached hydrogens (tertiary/aromatic N) is 1. The van der Waals surface area contributed by atoms with E-state index >= 15 is 0 Å². The van der Waals surface area contributed by atoms with Crippen molar-refractivity contribution in [3.05, 3.63) is 29.6 Å². The van der Waals surface area contributed by atoms with E-state index in [4.69, 9.17) is 0 Å². The van der Waals surface area contributed by atoms with Gasteiger partial charge in [0.2, 0.25) is 0 Å².